The highest BCUT2D eigenvalue weighted by Crippen LogP contribution is 2.43. The van der Waals surface area contributed by atoms with Gasteiger partial charge in [0.15, 0.2) is 0 Å². The minimum atomic E-state index is 0.488. The quantitative estimate of drug-likeness (QED) is 0.146. The highest BCUT2D eigenvalue weighted by atomic mass is 16.4. The van der Waals surface area contributed by atoms with Gasteiger partial charge in [-0.05, 0) is 134 Å². The van der Waals surface area contributed by atoms with Gasteiger partial charge in [-0.3, -0.25) is 0 Å². The van der Waals surface area contributed by atoms with E-state index >= 15 is 0 Å². The number of benzene rings is 9. The van der Waals surface area contributed by atoms with Gasteiger partial charge in [-0.15, -0.1) is 10.2 Å². The Balaban J connectivity index is 0.993. The van der Waals surface area contributed by atoms with E-state index in [9.17, 15) is 0 Å². The summed E-state index contributed by atoms with van der Waals surface area (Å²) in [6.45, 7) is 4.61. The van der Waals surface area contributed by atoms with Gasteiger partial charge < -0.3 is 8.98 Å². The third-order valence-corrected chi connectivity index (χ3v) is 12.1. The first-order valence-electron chi connectivity index (χ1n) is 21.4. The van der Waals surface area contributed by atoms with Crippen LogP contribution in [0, 0.1) is 5.92 Å². The van der Waals surface area contributed by atoms with Crippen molar-refractivity contribution in [3.63, 3.8) is 0 Å². The molecule has 0 saturated heterocycles. The largest absolute Gasteiger partial charge is 0.416 e. The van der Waals surface area contributed by atoms with Gasteiger partial charge >= 0.3 is 0 Å². The number of nitrogens with zero attached hydrogens (tertiary/aromatic N) is 3. The van der Waals surface area contributed by atoms with Gasteiger partial charge in [0.05, 0.1) is 11.0 Å². The minimum absolute atomic E-state index is 0.488. The van der Waals surface area contributed by atoms with Crippen LogP contribution in [0.1, 0.15) is 19.4 Å². The molecule has 62 heavy (non-hydrogen) atoms. The standard InChI is InChI=1S/C58H43N3O/c1-38(2)35-46-17-12-21-52(50-19-9-8-18-49(50)41-24-26-43(27-25-41)58-60-59-57(62-58)42-14-4-3-5-15-42)56(46)47-31-34-55-53(37-47)51-20-10-11-22-54(51)61(55)48-32-29-40(30-33-48)45-28-23-39-13-6-7-16-44(39)36-45/h3-34,36-38H,35H2,1-2H3. The molecule has 4 heteroatoms. The number of hydrogen-bond acceptors (Lipinski definition) is 3. The molecule has 0 spiro atoms. The Labute approximate surface area is 361 Å². The van der Waals surface area contributed by atoms with Crippen molar-refractivity contribution in [2.45, 2.75) is 20.3 Å². The number of rotatable bonds is 9. The molecular formula is C58H43N3O. The van der Waals surface area contributed by atoms with E-state index in [0.29, 0.717) is 17.7 Å². The number of aromatic nitrogens is 3. The molecule has 0 radical (unpaired) electrons. The zero-order valence-electron chi connectivity index (χ0n) is 34.7. The summed E-state index contributed by atoms with van der Waals surface area (Å²) in [6, 6.07) is 74.1. The van der Waals surface area contributed by atoms with Gasteiger partial charge in [0.1, 0.15) is 0 Å². The molecule has 4 nitrogen and oxygen atoms in total. The van der Waals surface area contributed by atoms with Crippen LogP contribution in [-0.2, 0) is 6.42 Å². The van der Waals surface area contributed by atoms with Gasteiger partial charge in [0.25, 0.3) is 0 Å². The first kappa shape index (κ1) is 37.2. The zero-order chi connectivity index (χ0) is 41.6. The van der Waals surface area contributed by atoms with Crippen LogP contribution >= 0.6 is 0 Å². The van der Waals surface area contributed by atoms with Crippen LogP contribution in [0.2, 0.25) is 0 Å². The first-order chi connectivity index (χ1) is 30.6. The Bertz CT molecular complexity index is 3390. The molecule has 2 heterocycles. The summed E-state index contributed by atoms with van der Waals surface area (Å²) in [5.74, 6) is 1.50. The van der Waals surface area contributed by atoms with Crippen LogP contribution in [0.4, 0.5) is 0 Å². The van der Waals surface area contributed by atoms with E-state index < -0.39 is 0 Å². The fourth-order valence-electron chi connectivity index (χ4n) is 9.15. The molecule has 11 aromatic rings. The maximum Gasteiger partial charge on any atom is 0.248 e. The Kier molecular flexibility index (Phi) is 9.39. The topological polar surface area (TPSA) is 43.9 Å². The van der Waals surface area contributed by atoms with Gasteiger partial charge in [0.2, 0.25) is 11.8 Å². The maximum atomic E-state index is 6.10. The van der Waals surface area contributed by atoms with E-state index in [4.69, 9.17) is 4.42 Å². The zero-order valence-corrected chi connectivity index (χ0v) is 34.7. The predicted molar refractivity (Wildman–Crippen MR) is 257 cm³/mol. The van der Waals surface area contributed by atoms with E-state index in [0.717, 1.165) is 28.8 Å². The van der Waals surface area contributed by atoms with Crippen LogP contribution in [0.15, 0.2) is 211 Å². The summed E-state index contributed by atoms with van der Waals surface area (Å²) >= 11 is 0. The molecular weight excluding hydrogens is 755 g/mol. The molecule has 0 fully saturated rings. The second kappa shape index (κ2) is 15.7. The third kappa shape index (κ3) is 6.76. The number of para-hydroxylation sites is 1. The van der Waals surface area contributed by atoms with E-state index in [1.54, 1.807) is 0 Å². The molecule has 2 aromatic heterocycles. The van der Waals surface area contributed by atoms with Crippen molar-refractivity contribution in [2.24, 2.45) is 5.92 Å². The monoisotopic (exact) mass is 797 g/mol. The Morgan fingerprint density at radius 1 is 0.419 bits per heavy atom. The van der Waals surface area contributed by atoms with Gasteiger partial charge in [-0.2, -0.15) is 0 Å². The smallest absolute Gasteiger partial charge is 0.248 e. The molecule has 0 N–H and O–H groups in total. The SMILES string of the molecule is CC(C)Cc1cccc(-c2ccccc2-c2ccc(-c3nnc(-c4ccccc4)o3)cc2)c1-c1ccc2c(c1)c1ccccc1n2-c1ccc(-c2ccc3ccccc3c2)cc1. The molecule has 0 aliphatic rings. The lowest BCUT2D eigenvalue weighted by atomic mass is 9.84. The lowest BCUT2D eigenvalue weighted by Gasteiger charge is -2.20. The summed E-state index contributed by atoms with van der Waals surface area (Å²) < 4.78 is 8.51. The molecule has 11 rings (SSSR count). The van der Waals surface area contributed by atoms with E-state index in [-0.39, 0.29) is 0 Å². The molecule has 296 valence electrons. The highest BCUT2D eigenvalue weighted by molar-refractivity contribution is 6.11. The minimum Gasteiger partial charge on any atom is -0.416 e. The Hall–Kier alpha value is -7.82. The number of hydrogen-bond donors (Lipinski definition) is 0. The molecule has 9 aromatic carbocycles. The van der Waals surface area contributed by atoms with Crippen molar-refractivity contribution in [1.29, 1.82) is 0 Å². The highest BCUT2D eigenvalue weighted by Gasteiger charge is 2.20. The van der Waals surface area contributed by atoms with E-state index in [1.165, 1.54) is 77.1 Å². The number of fused-ring (bicyclic) bond motifs is 4. The summed E-state index contributed by atoms with van der Waals surface area (Å²) in [6.07, 6.45) is 0.971. The van der Waals surface area contributed by atoms with Crippen LogP contribution in [0.3, 0.4) is 0 Å². The summed E-state index contributed by atoms with van der Waals surface area (Å²) in [7, 11) is 0. The predicted octanol–water partition coefficient (Wildman–Crippen LogP) is 15.5. The average molecular weight is 798 g/mol. The van der Waals surface area contributed by atoms with Gasteiger partial charge in [-0.25, -0.2) is 0 Å². The molecule has 0 amide bonds. The van der Waals surface area contributed by atoms with Crippen molar-refractivity contribution in [3.8, 4) is 73.1 Å². The molecule has 0 aliphatic carbocycles. The fourth-order valence-corrected chi connectivity index (χ4v) is 9.15. The molecule has 0 saturated carbocycles. The second-order valence-corrected chi connectivity index (χ2v) is 16.5. The Morgan fingerprint density at radius 3 is 1.81 bits per heavy atom. The third-order valence-electron chi connectivity index (χ3n) is 12.1. The lowest BCUT2D eigenvalue weighted by molar-refractivity contribution is 0.584. The van der Waals surface area contributed by atoms with Crippen LogP contribution < -0.4 is 0 Å². The summed E-state index contributed by atoms with van der Waals surface area (Å²) in [4.78, 5) is 0. The van der Waals surface area contributed by atoms with Crippen molar-refractivity contribution >= 4 is 32.6 Å². The fraction of sp³-hybridized carbons (Fsp3) is 0.0690. The molecule has 0 unspecified atom stereocenters. The molecule has 0 atom stereocenters. The summed E-state index contributed by atoms with van der Waals surface area (Å²) in [5, 5.41) is 13.7. The first-order valence-corrected chi connectivity index (χ1v) is 21.4. The molecule has 0 aliphatic heterocycles. The molecule has 0 bridgehead atoms. The van der Waals surface area contributed by atoms with Crippen molar-refractivity contribution in [2.75, 3.05) is 0 Å². The second-order valence-electron chi connectivity index (χ2n) is 16.5. The summed E-state index contributed by atoms with van der Waals surface area (Å²) in [5.41, 5.74) is 16.3. The van der Waals surface area contributed by atoms with Crippen LogP contribution in [0.5, 0.6) is 0 Å². The van der Waals surface area contributed by atoms with E-state index in [1.807, 2.05) is 30.3 Å². The van der Waals surface area contributed by atoms with Crippen LogP contribution in [-0.4, -0.2) is 14.8 Å². The van der Waals surface area contributed by atoms with Crippen molar-refractivity contribution in [1.82, 2.24) is 14.8 Å². The van der Waals surface area contributed by atoms with Gasteiger partial charge in [-0.1, -0.05) is 159 Å². The van der Waals surface area contributed by atoms with Gasteiger partial charge in [0, 0.05) is 27.6 Å². The van der Waals surface area contributed by atoms with Crippen molar-refractivity contribution in [3.05, 3.63) is 212 Å². The maximum absolute atomic E-state index is 6.10. The van der Waals surface area contributed by atoms with E-state index in [2.05, 4.69) is 205 Å². The lowest BCUT2D eigenvalue weighted by Crippen LogP contribution is -2.00. The Morgan fingerprint density at radius 2 is 1.02 bits per heavy atom. The van der Waals surface area contributed by atoms with Crippen molar-refractivity contribution < 1.29 is 4.42 Å². The normalized spacial score (nSPS) is 11.6. The van der Waals surface area contributed by atoms with Crippen LogP contribution in [0.25, 0.3) is 106 Å². The average Bonchev–Trinajstić information content (AvgIpc) is 3.95.